The molecule has 1 aromatic rings. The summed E-state index contributed by atoms with van der Waals surface area (Å²) in [5, 5.41) is 0. The number of esters is 1. The lowest BCUT2D eigenvalue weighted by atomic mass is 10.1. The standard InChI is InChI=1S/C12H16BrNO3/c1-16-12(15)7-9-3-4-10(13)8-11(9)17-6-2-5-14/h3-4,8H,2,5-7,14H2,1H3. The van der Waals surface area contributed by atoms with Gasteiger partial charge in [-0.3, -0.25) is 4.79 Å². The Labute approximate surface area is 109 Å². The molecule has 0 bridgehead atoms. The van der Waals surface area contributed by atoms with Crippen molar-refractivity contribution in [3.63, 3.8) is 0 Å². The van der Waals surface area contributed by atoms with Gasteiger partial charge < -0.3 is 15.2 Å². The van der Waals surface area contributed by atoms with E-state index in [9.17, 15) is 4.79 Å². The molecule has 94 valence electrons. The molecule has 0 aliphatic heterocycles. The van der Waals surface area contributed by atoms with Crippen LogP contribution in [0.3, 0.4) is 0 Å². The van der Waals surface area contributed by atoms with Gasteiger partial charge in [0, 0.05) is 10.0 Å². The number of ether oxygens (including phenoxy) is 2. The predicted octanol–water partition coefficient (Wildman–Crippen LogP) is 1.89. The van der Waals surface area contributed by atoms with Gasteiger partial charge in [0.05, 0.1) is 20.1 Å². The molecule has 0 aliphatic carbocycles. The molecule has 0 unspecified atom stereocenters. The van der Waals surface area contributed by atoms with E-state index >= 15 is 0 Å². The molecule has 0 heterocycles. The highest BCUT2D eigenvalue weighted by atomic mass is 79.9. The van der Waals surface area contributed by atoms with Gasteiger partial charge in [-0.1, -0.05) is 22.0 Å². The lowest BCUT2D eigenvalue weighted by Crippen LogP contribution is -2.09. The van der Waals surface area contributed by atoms with E-state index in [2.05, 4.69) is 20.7 Å². The van der Waals surface area contributed by atoms with Crippen molar-refractivity contribution in [3.05, 3.63) is 28.2 Å². The number of halogens is 1. The van der Waals surface area contributed by atoms with Crippen molar-refractivity contribution in [2.45, 2.75) is 12.8 Å². The molecule has 1 rings (SSSR count). The fourth-order valence-corrected chi connectivity index (χ4v) is 1.64. The van der Waals surface area contributed by atoms with Crippen molar-refractivity contribution < 1.29 is 14.3 Å². The first-order chi connectivity index (χ1) is 8.17. The van der Waals surface area contributed by atoms with Crippen molar-refractivity contribution in [1.82, 2.24) is 0 Å². The third kappa shape index (κ3) is 4.75. The van der Waals surface area contributed by atoms with Crippen LogP contribution in [0.15, 0.2) is 22.7 Å². The van der Waals surface area contributed by atoms with Crippen LogP contribution in [0.25, 0.3) is 0 Å². The molecule has 0 atom stereocenters. The SMILES string of the molecule is COC(=O)Cc1ccc(Br)cc1OCCCN. The number of methoxy groups -OCH3 is 1. The van der Waals surface area contributed by atoms with Gasteiger partial charge in [0.1, 0.15) is 5.75 Å². The van der Waals surface area contributed by atoms with Gasteiger partial charge in [-0.05, 0) is 25.1 Å². The molecule has 0 aliphatic rings. The largest absolute Gasteiger partial charge is 0.493 e. The number of benzene rings is 1. The lowest BCUT2D eigenvalue weighted by molar-refractivity contribution is -0.139. The summed E-state index contributed by atoms with van der Waals surface area (Å²) >= 11 is 3.37. The van der Waals surface area contributed by atoms with Crippen molar-refractivity contribution in [1.29, 1.82) is 0 Å². The number of hydrogen-bond acceptors (Lipinski definition) is 4. The first-order valence-electron chi connectivity index (χ1n) is 5.35. The van der Waals surface area contributed by atoms with E-state index in [1.54, 1.807) is 0 Å². The molecule has 0 aromatic heterocycles. The summed E-state index contributed by atoms with van der Waals surface area (Å²) in [5.74, 6) is 0.411. The predicted molar refractivity (Wildman–Crippen MR) is 69.0 cm³/mol. The Kier molecular flexibility index (Phi) is 6.00. The highest BCUT2D eigenvalue weighted by molar-refractivity contribution is 9.10. The van der Waals surface area contributed by atoms with Crippen molar-refractivity contribution in [2.24, 2.45) is 5.73 Å². The number of hydrogen-bond donors (Lipinski definition) is 1. The molecule has 0 fully saturated rings. The zero-order chi connectivity index (χ0) is 12.7. The Bertz CT molecular complexity index is 382. The van der Waals surface area contributed by atoms with Gasteiger partial charge in [-0.25, -0.2) is 0 Å². The number of carbonyl (C=O) groups excluding carboxylic acids is 1. The van der Waals surface area contributed by atoms with Crippen LogP contribution in [0.1, 0.15) is 12.0 Å². The summed E-state index contributed by atoms with van der Waals surface area (Å²) in [4.78, 5) is 11.2. The van der Waals surface area contributed by atoms with E-state index in [4.69, 9.17) is 10.5 Å². The highest BCUT2D eigenvalue weighted by Crippen LogP contribution is 2.24. The molecular weight excluding hydrogens is 286 g/mol. The third-order valence-electron chi connectivity index (χ3n) is 2.20. The second-order valence-electron chi connectivity index (χ2n) is 3.50. The molecule has 5 heteroatoms. The summed E-state index contributed by atoms with van der Waals surface area (Å²) in [7, 11) is 1.37. The zero-order valence-electron chi connectivity index (χ0n) is 9.74. The van der Waals surface area contributed by atoms with Crippen LogP contribution < -0.4 is 10.5 Å². The molecule has 0 amide bonds. The minimum atomic E-state index is -0.281. The number of rotatable bonds is 6. The van der Waals surface area contributed by atoms with E-state index in [1.807, 2.05) is 18.2 Å². The summed E-state index contributed by atoms with van der Waals surface area (Å²) < 4.78 is 11.1. The van der Waals surface area contributed by atoms with E-state index in [0.29, 0.717) is 18.9 Å². The van der Waals surface area contributed by atoms with Crippen LogP contribution in [-0.2, 0) is 16.0 Å². The molecule has 0 saturated heterocycles. The average Bonchev–Trinajstić information content (AvgIpc) is 2.32. The van der Waals surface area contributed by atoms with Crippen LogP contribution in [0.4, 0.5) is 0 Å². The van der Waals surface area contributed by atoms with Crippen molar-refractivity contribution in [2.75, 3.05) is 20.3 Å². The monoisotopic (exact) mass is 301 g/mol. The second-order valence-corrected chi connectivity index (χ2v) is 4.41. The normalized spacial score (nSPS) is 10.1. The van der Waals surface area contributed by atoms with Gasteiger partial charge in [-0.15, -0.1) is 0 Å². The van der Waals surface area contributed by atoms with Crippen LogP contribution in [-0.4, -0.2) is 26.2 Å². The summed E-state index contributed by atoms with van der Waals surface area (Å²) in [6.45, 7) is 1.13. The molecule has 1 aromatic carbocycles. The van der Waals surface area contributed by atoms with Crippen LogP contribution in [0.5, 0.6) is 5.75 Å². The summed E-state index contributed by atoms with van der Waals surface area (Å²) in [6, 6.07) is 5.56. The van der Waals surface area contributed by atoms with Crippen LogP contribution in [0.2, 0.25) is 0 Å². The summed E-state index contributed by atoms with van der Waals surface area (Å²) in [5.41, 5.74) is 6.22. The smallest absolute Gasteiger partial charge is 0.310 e. The van der Waals surface area contributed by atoms with Crippen LogP contribution in [0, 0.1) is 0 Å². The maximum Gasteiger partial charge on any atom is 0.310 e. The molecule has 4 nitrogen and oxygen atoms in total. The fourth-order valence-electron chi connectivity index (χ4n) is 1.30. The Morgan fingerprint density at radius 3 is 2.88 bits per heavy atom. The van der Waals surface area contributed by atoms with Gasteiger partial charge in [0.25, 0.3) is 0 Å². The topological polar surface area (TPSA) is 61.5 Å². The molecular formula is C12H16BrNO3. The van der Waals surface area contributed by atoms with Gasteiger partial charge >= 0.3 is 5.97 Å². The first kappa shape index (κ1) is 14.0. The van der Waals surface area contributed by atoms with E-state index in [0.717, 1.165) is 16.5 Å². The molecule has 0 spiro atoms. The zero-order valence-corrected chi connectivity index (χ0v) is 11.3. The lowest BCUT2D eigenvalue weighted by Gasteiger charge is -2.11. The minimum Gasteiger partial charge on any atom is -0.493 e. The van der Waals surface area contributed by atoms with E-state index < -0.39 is 0 Å². The van der Waals surface area contributed by atoms with Gasteiger partial charge in [0.15, 0.2) is 0 Å². The Hall–Kier alpha value is -1.07. The maximum atomic E-state index is 11.2. The molecule has 0 radical (unpaired) electrons. The minimum absolute atomic E-state index is 0.210. The highest BCUT2D eigenvalue weighted by Gasteiger charge is 2.09. The fraction of sp³-hybridized carbons (Fsp3) is 0.417. The molecule has 0 saturated carbocycles. The van der Waals surface area contributed by atoms with E-state index in [1.165, 1.54) is 7.11 Å². The first-order valence-corrected chi connectivity index (χ1v) is 6.14. The second kappa shape index (κ2) is 7.29. The quantitative estimate of drug-likeness (QED) is 0.644. The van der Waals surface area contributed by atoms with Crippen molar-refractivity contribution >= 4 is 21.9 Å². The number of carbonyl (C=O) groups is 1. The Morgan fingerprint density at radius 2 is 2.24 bits per heavy atom. The van der Waals surface area contributed by atoms with Gasteiger partial charge in [-0.2, -0.15) is 0 Å². The summed E-state index contributed by atoms with van der Waals surface area (Å²) in [6.07, 6.45) is 0.992. The Morgan fingerprint density at radius 1 is 1.47 bits per heavy atom. The Balaban J connectivity index is 2.76. The third-order valence-corrected chi connectivity index (χ3v) is 2.69. The number of nitrogens with two attached hydrogens (primary N) is 1. The van der Waals surface area contributed by atoms with E-state index in [-0.39, 0.29) is 12.4 Å². The average molecular weight is 302 g/mol. The molecule has 17 heavy (non-hydrogen) atoms. The van der Waals surface area contributed by atoms with Gasteiger partial charge in [0.2, 0.25) is 0 Å². The van der Waals surface area contributed by atoms with Crippen molar-refractivity contribution in [3.8, 4) is 5.75 Å². The van der Waals surface area contributed by atoms with Crippen LogP contribution >= 0.6 is 15.9 Å². The maximum absolute atomic E-state index is 11.2. The molecule has 2 N–H and O–H groups in total.